The predicted octanol–water partition coefficient (Wildman–Crippen LogP) is 4.89. The van der Waals surface area contributed by atoms with Crippen LogP contribution in [0.4, 0.5) is 0 Å². The molecule has 0 aromatic carbocycles. The highest BCUT2D eigenvalue weighted by molar-refractivity contribution is 9.09. The lowest BCUT2D eigenvalue weighted by Gasteiger charge is -2.23. The van der Waals surface area contributed by atoms with Crippen LogP contribution in [0.25, 0.3) is 0 Å². The van der Waals surface area contributed by atoms with Gasteiger partial charge in [0.05, 0.1) is 0 Å². The van der Waals surface area contributed by atoms with Gasteiger partial charge >= 0.3 is 0 Å². The van der Waals surface area contributed by atoms with Gasteiger partial charge in [-0.15, -0.1) is 0 Å². The molecule has 0 saturated heterocycles. The lowest BCUT2D eigenvalue weighted by atomic mass is 9.84. The first-order valence-electron chi connectivity index (χ1n) is 6.04. The molecule has 2 rings (SSSR count). The number of rotatable bonds is 0. The van der Waals surface area contributed by atoms with Crippen LogP contribution < -0.4 is 0 Å². The molecule has 2 fully saturated rings. The van der Waals surface area contributed by atoms with Gasteiger partial charge in [-0.3, -0.25) is 0 Å². The number of halogens is 2. The standard InChI is InChI=1S/C12H20Br2/c13-11-5-1-3-9-7-12(14)6-2-4-10(9)8-11/h9-12H,1-8H2. The molecule has 82 valence electrons. The van der Waals surface area contributed by atoms with E-state index in [0.717, 1.165) is 21.5 Å². The number of fused-ring (bicyclic) bond motifs is 1. The van der Waals surface area contributed by atoms with Crippen molar-refractivity contribution >= 4 is 31.9 Å². The summed E-state index contributed by atoms with van der Waals surface area (Å²) >= 11 is 7.66. The topological polar surface area (TPSA) is 0 Å². The van der Waals surface area contributed by atoms with Gasteiger partial charge in [-0.05, 0) is 37.5 Å². The summed E-state index contributed by atoms with van der Waals surface area (Å²) in [7, 11) is 0. The molecule has 0 amide bonds. The molecule has 0 nitrogen and oxygen atoms in total. The van der Waals surface area contributed by atoms with Crippen molar-refractivity contribution in [2.75, 3.05) is 0 Å². The average Bonchev–Trinajstić information content (AvgIpc) is 2.37. The van der Waals surface area contributed by atoms with Gasteiger partial charge in [-0.2, -0.15) is 0 Å². The molecule has 0 spiro atoms. The van der Waals surface area contributed by atoms with Crippen LogP contribution in [-0.4, -0.2) is 9.65 Å². The van der Waals surface area contributed by atoms with Gasteiger partial charge in [0.1, 0.15) is 0 Å². The Kier molecular flexibility index (Phi) is 4.36. The van der Waals surface area contributed by atoms with Crippen LogP contribution in [0.15, 0.2) is 0 Å². The fraction of sp³-hybridized carbons (Fsp3) is 1.00. The fourth-order valence-corrected chi connectivity index (χ4v) is 4.80. The van der Waals surface area contributed by atoms with E-state index in [2.05, 4.69) is 31.9 Å². The van der Waals surface area contributed by atoms with E-state index >= 15 is 0 Å². The van der Waals surface area contributed by atoms with Crippen molar-refractivity contribution in [2.24, 2.45) is 11.8 Å². The highest BCUT2D eigenvalue weighted by Gasteiger charge is 2.30. The highest BCUT2D eigenvalue weighted by Crippen LogP contribution is 2.41. The molecule has 2 saturated carbocycles. The van der Waals surface area contributed by atoms with Gasteiger partial charge < -0.3 is 0 Å². The summed E-state index contributed by atoms with van der Waals surface area (Å²) in [6.07, 6.45) is 11.5. The molecule has 2 heteroatoms. The number of hydrogen-bond acceptors (Lipinski definition) is 0. The van der Waals surface area contributed by atoms with Gasteiger partial charge in [-0.25, -0.2) is 0 Å². The van der Waals surface area contributed by atoms with Crippen LogP contribution in [0.2, 0.25) is 0 Å². The van der Waals surface area contributed by atoms with Crippen molar-refractivity contribution in [3.05, 3.63) is 0 Å². The quantitative estimate of drug-likeness (QED) is 0.556. The van der Waals surface area contributed by atoms with Gasteiger partial charge in [0, 0.05) is 9.65 Å². The van der Waals surface area contributed by atoms with Crippen LogP contribution in [-0.2, 0) is 0 Å². The zero-order valence-corrected chi connectivity index (χ0v) is 11.9. The molecule has 0 radical (unpaired) electrons. The molecule has 4 atom stereocenters. The first-order chi connectivity index (χ1) is 6.75. The van der Waals surface area contributed by atoms with E-state index in [0.29, 0.717) is 0 Å². The summed E-state index contributed by atoms with van der Waals surface area (Å²) in [5.74, 6) is 2.04. The number of hydrogen-bond donors (Lipinski definition) is 0. The molecule has 0 aromatic rings. The average molecular weight is 324 g/mol. The van der Waals surface area contributed by atoms with Crippen LogP contribution in [0, 0.1) is 11.8 Å². The van der Waals surface area contributed by atoms with E-state index in [1.807, 2.05) is 0 Å². The highest BCUT2D eigenvalue weighted by atomic mass is 79.9. The second-order valence-corrected chi connectivity index (χ2v) is 7.64. The lowest BCUT2D eigenvalue weighted by molar-refractivity contribution is 0.299. The Morgan fingerprint density at radius 1 is 0.643 bits per heavy atom. The first kappa shape index (κ1) is 11.4. The molecule has 0 aromatic heterocycles. The van der Waals surface area contributed by atoms with Crippen molar-refractivity contribution in [1.82, 2.24) is 0 Å². The second-order valence-electron chi connectivity index (χ2n) is 5.05. The Bertz CT molecular complexity index is 161. The van der Waals surface area contributed by atoms with Crippen LogP contribution >= 0.6 is 31.9 Å². The van der Waals surface area contributed by atoms with Crippen molar-refractivity contribution < 1.29 is 0 Å². The Balaban J connectivity index is 2.00. The summed E-state index contributed by atoms with van der Waals surface area (Å²) in [5.41, 5.74) is 0. The van der Waals surface area contributed by atoms with E-state index in [-0.39, 0.29) is 0 Å². The molecule has 4 unspecified atom stereocenters. The zero-order chi connectivity index (χ0) is 9.97. The molecule has 0 aliphatic heterocycles. The largest absolute Gasteiger partial charge is 0.0891 e. The predicted molar refractivity (Wildman–Crippen MR) is 69.3 cm³/mol. The van der Waals surface area contributed by atoms with E-state index < -0.39 is 0 Å². The molecule has 2 aliphatic carbocycles. The molecular formula is C12H20Br2. The Morgan fingerprint density at radius 3 is 1.50 bits per heavy atom. The SMILES string of the molecule is BrC1CCCC2CC(Br)CCCC2C1. The maximum Gasteiger partial charge on any atom is 0.0148 e. The normalized spacial score (nSPS) is 45.0. The summed E-state index contributed by atoms with van der Waals surface area (Å²) in [4.78, 5) is 1.62. The summed E-state index contributed by atoms with van der Waals surface area (Å²) in [6, 6.07) is 0. The molecule has 14 heavy (non-hydrogen) atoms. The minimum Gasteiger partial charge on any atom is -0.0891 e. The van der Waals surface area contributed by atoms with E-state index in [4.69, 9.17) is 0 Å². The van der Waals surface area contributed by atoms with E-state index in [1.54, 1.807) is 0 Å². The molecule has 0 heterocycles. The Morgan fingerprint density at radius 2 is 1.07 bits per heavy atom. The summed E-state index contributed by atoms with van der Waals surface area (Å²) in [5, 5.41) is 0. The van der Waals surface area contributed by atoms with Crippen LogP contribution in [0.3, 0.4) is 0 Å². The van der Waals surface area contributed by atoms with Gasteiger partial charge in [0.15, 0.2) is 0 Å². The van der Waals surface area contributed by atoms with Crippen molar-refractivity contribution in [2.45, 2.75) is 61.0 Å². The van der Waals surface area contributed by atoms with Crippen molar-refractivity contribution in [3.63, 3.8) is 0 Å². The maximum absolute atomic E-state index is 3.83. The van der Waals surface area contributed by atoms with Gasteiger partial charge in [-0.1, -0.05) is 57.5 Å². The molecule has 2 aliphatic rings. The minimum atomic E-state index is 0.810. The van der Waals surface area contributed by atoms with E-state index in [1.165, 1.54) is 51.4 Å². The Labute approximate surface area is 104 Å². The van der Waals surface area contributed by atoms with E-state index in [9.17, 15) is 0 Å². The van der Waals surface area contributed by atoms with Gasteiger partial charge in [0.2, 0.25) is 0 Å². The first-order valence-corrected chi connectivity index (χ1v) is 7.87. The zero-order valence-electron chi connectivity index (χ0n) is 8.72. The fourth-order valence-electron chi connectivity index (χ4n) is 3.19. The second kappa shape index (κ2) is 5.34. The van der Waals surface area contributed by atoms with Crippen LogP contribution in [0.5, 0.6) is 0 Å². The third-order valence-electron chi connectivity index (χ3n) is 3.97. The van der Waals surface area contributed by atoms with Gasteiger partial charge in [0.25, 0.3) is 0 Å². The van der Waals surface area contributed by atoms with Crippen molar-refractivity contribution in [1.29, 1.82) is 0 Å². The number of alkyl halides is 2. The third-order valence-corrected chi connectivity index (χ3v) is 5.63. The molecular weight excluding hydrogens is 304 g/mol. The lowest BCUT2D eigenvalue weighted by Crippen LogP contribution is -2.15. The molecule has 0 N–H and O–H groups in total. The monoisotopic (exact) mass is 322 g/mol. The summed E-state index contributed by atoms with van der Waals surface area (Å²) in [6.45, 7) is 0. The van der Waals surface area contributed by atoms with Crippen molar-refractivity contribution in [3.8, 4) is 0 Å². The third kappa shape index (κ3) is 2.98. The smallest absolute Gasteiger partial charge is 0.0148 e. The Hall–Kier alpha value is 0.960. The molecule has 0 bridgehead atoms. The summed E-state index contributed by atoms with van der Waals surface area (Å²) < 4.78 is 0. The minimum absolute atomic E-state index is 0.810. The maximum atomic E-state index is 3.83. The van der Waals surface area contributed by atoms with Crippen LogP contribution in [0.1, 0.15) is 51.4 Å².